The third-order valence-corrected chi connectivity index (χ3v) is 4.41. The summed E-state index contributed by atoms with van der Waals surface area (Å²) < 4.78 is 4.71. The lowest BCUT2D eigenvalue weighted by Gasteiger charge is -2.19. The van der Waals surface area contributed by atoms with Crippen LogP contribution in [0.2, 0.25) is 0 Å². The van der Waals surface area contributed by atoms with Gasteiger partial charge in [-0.05, 0) is 68.0 Å². The van der Waals surface area contributed by atoms with Crippen molar-refractivity contribution in [3.05, 3.63) is 39.0 Å². The monoisotopic (exact) mass is 287 g/mol. The molecule has 4 nitrogen and oxygen atoms in total. The molecule has 2 rings (SSSR count). The Balaban J connectivity index is 2.54. The molecule has 0 fully saturated rings. The predicted molar refractivity (Wildman–Crippen MR) is 77.7 cm³/mol. The van der Waals surface area contributed by atoms with Crippen LogP contribution in [0.1, 0.15) is 40.3 Å². The van der Waals surface area contributed by atoms with Crippen molar-refractivity contribution in [2.45, 2.75) is 41.0 Å². The third-order valence-electron chi connectivity index (χ3n) is 4.41. The minimum absolute atomic E-state index is 0.0275. The molecular formula is C17H19O4-. The number of benzene rings is 1. The zero-order chi connectivity index (χ0) is 15.9. The molecule has 0 unspecified atom stereocenters. The van der Waals surface area contributed by atoms with Crippen LogP contribution in [0.15, 0.2) is 5.57 Å². The van der Waals surface area contributed by atoms with Crippen molar-refractivity contribution >= 4 is 17.5 Å². The number of ketones is 1. The van der Waals surface area contributed by atoms with Crippen LogP contribution in [0, 0.1) is 27.7 Å². The SMILES string of the molecule is CCOC(=O)C(=O)C1=C([O-])c2c(C)c(C)c(C)c(C)c2C1. The number of Topliss-reactive ketones (excluding diaryl/α,β-unsaturated/α-hetero) is 1. The molecule has 1 aliphatic rings. The van der Waals surface area contributed by atoms with Gasteiger partial charge in [-0.3, -0.25) is 4.79 Å². The average Bonchev–Trinajstić information content (AvgIpc) is 2.80. The van der Waals surface area contributed by atoms with Gasteiger partial charge < -0.3 is 9.84 Å². The first kappa shape index (κ1) is 15.3. The molecule has 0 radical (unpaired) electrons. The first-order valence-electron chi connectivity index (χ1n) is 7.02. The zero-order valence-electron chi connectivity index (χ0n) is 13.0. The minimum Gasteiger partial charge on any atom is -0.872 e. The van der Waals surface area contributed by atoms with Gasteiger partial charge in [-0.25, -0.2) is 4.79 Å². The van der Waals surface area contributed by atoms with Gasteiger partial charge in [0.05, 0.1) is 6.61 Å². The van der Waals surface area contributed by atoms with Crippen molar-refractivity contribution in [3.8, 4) is 0 Å². The number of fused-ring (bicyclic) bond motifs is 1. The van der Waals surface area contributed by atoms with E-state index in [4.69, 9.17) is 4.74 Å². The molecule has 0 aliphatic heterocycles. The summed E-state index contributed by atoms with van der Waals surface area (Å²) in [7, 11) is 0. The Hall–Kier alpha value is -2.10. The lowest BCUT2D eigenvalue weighted by atomic mass is 9.90. The van der Waals surface area contributed by atoms with Crippen LogP contribution >= 0.6 is 0 Å². The van der Waals surface area contributed by atoms with Gasteiger partial charge in [0.1, 0.15) is 0 Å². The maximum Gasteiger partial charge on any atom is 0.379 e. The molecule has 4 heteroatoms. The number of hydrogen-bond donors (Lipinski definition) is 0. The second kappa shape index (κ2) is 5.35. The van der Waals surface area contributed by atoms with Gasteiger partial charge in [0.25, 0.3) is 5.78 Å². The number of rotatable bonds is 3. The van der Waals surface area contributed by atoms with Gasteiger partial charge in [-0.1, -0.05) is 5.76 Å². The Morgan fingerprint density at radius 3 is 2.19 bits per heavy atom. The molecule has 0 heterocycles. The summed E-state index contributed by atoms with van der Waals surface area (Å²) in [6.45, 7) is 9.56. The third kappa shape index (κ3) is 2.24. The molecule has 0 saturated heterocycles. The molecule has 0 saturated carbocycles. The van der Waals surface area contributed by atoms with Gasteiger partial charge in [0, 0.05) is 12.0 Å². The highest BCUT2D eigenvalue weighted by Gasteiger charge is 2.29. The number of ether oxygens (including phenoxy) is 1. The van der Waals surface area contributed by atoms with E-state index in [1.807, 2.05) is 27.7 Å². The quantitative estimate of drug-likeness (QED) is 0.626. The van der Waals surface area contributed by atoms with E-state index in [1.165, 1.54) is 0 Å². The van der Waals surface area contributed by atoms with E-state index in [0.717, 1.165) is 27.8 Å². The summed E-state index contributed by atoms with van der Waals surface area (Å²) in [5.41, 5.74) is 5.59. The molecule has 1 aliphatic carbocycles. The number of carbonyl (C=O) groups excluding carboxylic acids is 2. The molecule has 112 valence electrons. The normalized spacial score (nSPS) is 13.4. The Morgan fingerprint density at radius 2 is 1.62 bits per heavy atom. The molecule has 0 atom stereocenters. The van der Waals surface area contributed by atoms with Gasteiger partial charge in [0.2, 0.25) is 0 Å². The van der Waals surface area contributed by atoms with Crippen LogP contribution < -0.4 is 5.11 Å². The van der Waals surface area contributed by atoms with Crippen molar-refractivity contribution in [2.75, 3.05) is 6.61 Å². The number of hydrogen-bond acceptors (Lipinski definition) is 4. The van der Waals surface area contributed by atoms with Gasteiger partial charge in [0.15, 0.2) is 0 Å². The highest BCUT2D eigenvalue weighted by atomic mass is 16.5. The van der Waals surface area contributed by atoms with E-state index < -0.39 is 11.8 Å². The highest BCUT2D eigenvalue weighted by Crippen LogP contribution is 2.37. The summed E-state index contributed by atoms with van der Waals surface area (Å²) in [4.78, 5) is 23.7. The Morgan fingerprint density at radius 1 is 1.05 bits per heavy atom. The molecule has 1 aromatic rings. The van der Waals surface area contributed by atoms with Gasteiger partial charge in [-0.15, -0.1) is 0 Å². The van der Waals surface area contributed by atoms with Crippen LogP contribution in [-0.4, -0.2) is 18.4 Å². The molecule has 0 N–H and O–H groups in total. The van der Waals surface area contributed by atoms with E-state index in [2.05, 4.69) is 0 Å². The summed E-state index contributed by atoms with van der Waals surface area (Å²) in [6, 6.07) is 0. The fraction of sp³-hybridized carbons (Fsp3) is 0.412. The van der Waals surface area contributed by atoms with Crippen molar-refractivity contribution < 1.29 is 19.4 Å². The average molecular weight is 287 g/mol. The van der Waals surface area contributed by atoms with Gasteiger partial charge >= 0.3 is 5.97 Å². The summed E-state index contributed by atoms with van der Waals surface area (Å²) >= 11 is 0. The maximum absolute atomic E-state index is 12.5. The number of carbonyl (C=O) groups is 2. The molecule has 0 amide bonds. The van der Waals surface area contributed by atoms with Crippen molar-refractivity contribution in [1.82, 2.24) is 0 Å². The van der Waals surface area contributed by atoms with E-state index in [9.17, 15) is 14.7 Å². The second-order valence-electron chi connectivity index (χ2n) is 5.39. The Labute approximate surface area is 124 Å². The summed E-state index contributed by atoms with van der Waals surface area (Å²) in [5, 5.41) is 12.5. The van der Waals surface area contributed by atoms with Crippen LogP contribution in [0.3, 0.4) is 0 Å². The van der Waals surface area contributed by atoms with E-state index >= 15 is 0 Å². The van der Waals surface area contributed by atoms with Crippen LogP contribution in [0.25, 0.3) is 5.76 Å². The smallest absolute Gasteiger partial charge is 0.379 e. The molecular weight excluding hydrogens is 268 g/mol. The Kier molecular flexibility index (Phi) is 3.90. The van der Waals surface area contributed by atoms with Crippen LogP contribution in [0.5, 0.6) is 0 Å². The summed E-state index contributed by atoms with van der Waals surface area (Å²) in [6.07, 6.45) is 0.222. The fourth-order valence-corrected chi connectivity index (χ4v) is 2.83. The maximum atomic E-state index is 12.5. The van der Waals surface area contributed by atoms with Crippen molar-refractivity contribution in [3.63, 3.8) is 0 Å². The largest absolute Gasteiger partial charge is 0.872 e. The topological polar surface area (TPSA) is 66.4 Å². The van der Waals surface area contributed by atoms with Crippen LogP contribution in [-0.2, 0) is 20.7 Å². The molecule has 1 aromatic carbocycles. The van der Waals surface area contributed by atoms with Crippen molar-refractivity contribution in [1.29, 1.82) is 0 Å². The van der Waals surface area contributed by atoms with E-state index in [0.29, 0.717) is 5.56 Å². The summed E-state index contributed by atoms with van der Waals surface area (Å²) in [5.74, 6) is -2.09. The number of esters is 1. The highest BCUT2D eigenvalue weighted by molar-refractivity contribution is 6.42. The minimum atomic E-state index is -0.947. The fourth-order valence-electron chi connectivity index (χ4n) is 2.83. The van der Waals surface area contributed by atoms with Gasteiger partial charge in [-0.2, -0.15) is 0 Å². The predicted octanol–water partition coefficient (Wildman–Crippen LogP) is 1.68. The van der Waals surface area contributed by atoms with Crippen molar-refractivity contribution in [2.24, 2.45) is 0 Å². The lowest BCUT2D eigenvalue weighted by Crippen LogP contribution is -2.21. The first-order valence-corrected chi connectivity index (χ1v) is 7.02. The molecule has 21 heavy (non-hydrogen) atoms. The van der Waals surface area contributed by atoms with E-state index in [-0.39, 0.29) is 24.4 Å². The second-order valence-corrected chi connectivity index (χ2v) is 5.39. The Bertz CT molecular complexity index is 681. The molecule has 0 bridgehead atoms. The van der Waals surface area contributed by atoms with Crippen LogP contribution in [0.4, 0.5) is 0 Å². The standard InChI is InChI=1S/C17H20O4/c1-6-21-17(20)16(19)13-7-12-10(4)8(2)9(3)11(5)14(12)15(13)18/h18H,6-7H2,1-5H3/p-1. The molecule has 0 spiro atoms. The van der Waals surface area contributed by atoms with E-state index in [1.54, 1.807) is 6.92 Å². The zero-order valence-corrected chi connectivity index (χ0v) is 13.0. The first-order chi connectivity index (χ1) is 9.81. The molecule has 0 aromatic heterocycles. The lowest BCUT2D eigenvalue weighted by molar-refractivity contribution is -0.244.